The number of hydrogen-bond donors (Lipinski definition) is 0. The Balaban J connectivity index is 1.95. The van der Waals surface area contributed by atoms with Crippen molar-refractivity contribution < 1.29 is 14.2 Å². The topological polar surface area (TPSA) is 62.6 Å². The van der Waals surface area contributed by atoms with E-state index >= 15 is 0 Å². The zero-order valence-electron chi connectivity index (χ0n) is 19.7. The van der Waals surface area contributed by atoms with Crippen LogP contribution in [0, 0.1) is 13.8 Å². The third-order valence-electron chi connectivity index (χ3n) is 5.56. The van der Waals surface area contributed by atoms with Gasteiger partial charge in [0.1, 0.15) is 5.82 Å². The van der Waals surface area contributed by atoms with Crippen LogP contribution in [0.5, 0.6) is 17.2 Å². The molecule has 0 unspecified atom stereocenters. The van der Waals surface area contributed by atoms with E-state index in [1.807, 2.05) is 50.3 Å². The second kappa shape index (κ2) is 9.61. The lowest BCUT2D eigenvalue weighted by molar-refractivity contribution is 0.324. The van der Waals surface area contributed by atoms with E-state index in [4.69, 9.17) is 30.8 Å². The Morgan fingerprint density at radius 3 is 2.21 bits per heavy atom. The van der Waals surface area contributed by atoms with Gasteiger partial charge in [-0.2, -0.15) is 0 Å². The highest BCUT2D eigenvalue weighted by molar-refractivity contribution is 6.31. The number of ether oxygens (including phenoxy) is 3. The van der Waals surface area contributed by atoms with Crippen LogP contribution in [0.3, 0.4) is 0 Å². The van der Waals surface area contributed by atoms with Gasteiger partial charge < -0.3 is 14.2 Å². The van der Waals surface area contributed by atoms with Crippen LogP contribution in [0.4, 0.5) is 0 Å². The van der Waals surface area contributed by atoms with Gasteiger partial charge in [0.2, 0.25) is 5.75 Å². The Kier molecular flexibility index (Phi) is 6.61. The van der Waals surface area contributed by atoms with Gasteiger partial charge in [-0.15, -0.1) is 0 Å². The molecule has 6 nitrogen and oxygen atoms in total. The molecule has 4 rings (SSSR count). The summed E-state index contributed by atoms with van der Waals surface area (Å²) < 4.78 is 17.9. The van der Waals surface area contributed by atoms with E-state index in [-0.39, 0.29) is 5.56 Å². The van der Waals surface area contributed by atoms with Crippen molar-refractivity contribution in [1.29, 1.82) is 0 Å². The highest BCUT2D eigenvalue weighted by Gasteiger charge is 2.15. The summed E-state index contributed by atoms with van der Waals surface area (Å²) >= 11 is 6.18. The lowest BCUT2D eigenvalue weighted by atomic mass is 10.1. The van der Waals surface area contributed by atoms with Crippen molar-refractivity contribution in [2.75, 3.05) is 21.3 Å². The van der Waals surface area contributed by atoms with Crippen LogP contribution in [-0.2, 0) is 0 Å². The molecule has 7 heteroatoms. The van der Waals surface area contributed by atoms with Crippen molar-refractivity contribution in [3.8, 4) is 22.9 Å². The van der Waals surface area contributed by atoms with Gasteiger partial charge in [-0.3, -0.25) is 9.36 Å². The lowest BCUT2D eigenvalue weighted by Crippen LogP contribution is -2.23. The fourth-order valence-corrected chi connectivity index (χ4v) is 4.11. The Morgan fingerprint density at radius 2 is 1.59 bits per heavy atom. The fraction of sp³-hybridized carbons (Fsp3) is 0.185. The normalized spacial score (nSPS) is 11.2. The van der Waals surface area contributed by atoms with Gasteiger partial charge in [-0.1, -0.05) is 35.4 Å². The Hall–Kier alpha value is -3.77. The number of hydrogen-bond acceptors (Lipinski definition) is 5. The molecule has 0 N–H and O–H groups in total. The van der Waals surface area contributed by atoms with E-state index in [1.54, 1.807) is 50.2 Å². The highest BCUT2D eigenvalue weighted by atomic mass is 35.5. The minimum atomic E-state index is -0.168. The van der Waals surface area contributed by atoms with Crippen molar-refractivity contribution in [2.24, 2.45) is 0 Å². The largest absolute Gasteiger partial charge is 0.493 e. The third-order valence-corrected chi connectivity index (χ3v) is 5.80. The molecule has 0 fully saturated rings. The summed E-state index contributed by atoms with van der Waals surface area (Å²) in [6, 6.07) is 14.7. The van der Waals surface area contributed by atoms with Crippen LogP contribution >= 0.6 is 11.6 Å². The summed E-state index contributed by atoms with van der Waals surface area (Å²) in [6.07, 6.45) is 3.64. The van der Waals surface area contributed by atoms with Crippen molar-refractivity contribution in [3.05, 3.63) is 86.4 Å². The second-order valence-corrected chi connectivity index (χ2v) is 8.29. The predicted octanol–water partition coefficient (Wildman–Crippen LogP) is 5.85. The molecule has 4 aromatic rings. The zero-order chi connectivity index (χ0) is 24.4. The molecule has 0 aliphatic rings. The van der Waals surface area contributed by atoms with Gasteiger partial charge in [0.15, 0.2) is 11.5 Å². The second-order valence-electron chi connectivity index (χ2n) is 7.85. The van der Waals surface area contributed by atoms with E-state index in [2.05, 4.69) is 0 Å². The molecular weight excluding hydrogens is 452 g/mol. The number of aromatic nitrogens is 2. The smallest absolute Gasteiger partial charge is 0.266 e. The predicted molar refractivity (Wildman–Crippen MR) is 137 cm³/mol. The summed E-state index contributed by atoms with van der Waals surface area (Å²) in [5.74, 6) is 2.05. The zero-order valence-corrected chi connectivity index (χ0v) is 20.4. The first kappa shape index (κ1) is 23.4. The molecule has 0 atom stereocenters. The van der Waals surface area contributed by atoms with Gasteiger partial charge in [0, 0.05) is 5.02 Å². The standard InChI is InChI=1S/C27H25ClN2O4/c1-16-6-10-22(17(2)12-16)30-25(29-21-15-19(28)8-9-20(21)27(30)31)11-7-18-13-23(32-3)26(34-5)24(14-18)33-4/h6-15H,1-5H3/b11-7+. The quantitative estimate of drug-likeness (QED) is 0.349. The van der Waals surface area contributed by atoms with Gasteiger partial charge in [-0.25, -0.2) is 4.98 Å². The number of halogens is 1. The maximum Gasteiger partial charge on any atom is 0.266 e. The Morgan fingerprint density at radius 1 is 0.882 bits per heavy atom. The van der Waals surface area contributed by atoms with E-state index in [9.17, 15) is 4.79 Å². The van der Waals surface area contributed by atoms with E-state index in [1.165, 1.54) is 0 Å². The number of rotatable bonds is 6. The van der Waals surface area contributed by atoms with E-state index < -0.39 is 0 Å². The maximum absolute atomic E-state index is 13.6. The molecule has 0 aliphatic carbocycles. The summed E-state index contributed by atoms with van der Waals surface area (Å²) in [5.41, 5.74) is 4.01. The van der Waals surface area contributed by atoms with Crippen LogP contribution in [0.25, 0.3) is 28.7 Å². The molecule has 0 radical (unpaired) electrons. The molecular formula is C27H25ClN2O4. The third kappa shape index (κ3) is 4.37. The molecule has 34 heavy (non-hydrogen) atoms. The van der Waals surface area contributed by atoms with Crippen LogP contribution in [0.2, 0.25) is 5.02 Å². The van der Waals surface area contributed by atoms with Crippen LogP contribution in [-0.4, -0.2) is 30.9 Å². The molecule has 0 saturated carbocycles. The highest BCUT2D eigenvalue weighted by Crippen LogP contribution is 2.38. The van der Waals surface area contributed by atoms with Gasteiger partial charge >= 0.3 is 0 Å². The van der Waals surface area contributed by atoms with Crippen LogP contribution in [0.1, 0.15) is 22.5 Å². The van der Waals surface area contributed by atoms with Crippen LogP contribution in [0.15, 0.2) is 53.3 Å². The Bertz CT molecular complexity index is 1450. The molecule has 3 aromatic carbocycles. The van der Waals surface area contributed by atoms with Crippen molar-refractivity contribution in [1.82, 2.24) is 9.55 Å². The van der Waals surface area contributed by atoms with E-state index in [0.717, 1.165) is 22.4 Å². The number of methoxy groups -OCH3 is 3. The monoisotopic (exact) mass is 476 g/mol. The maximum atomic E-state index is 13.6. The molecule has 1 heterocycles. The minimum absolute atomic E-state index is 0.168. The number of fused-ring (bicyclic) bond motifs is 1. The van der Waals surface area contributed by atoms with Gasteiger partial charge in [0.05, 0.1) is 37.9 Å². The van der Waals surface area contributed by atoms with Crippen molar-refractivity contribution >= 4 is 34.7 Å². The SMILES string of the molecule is COc1cc(/C=C/c2nc3cc(Cl)ccc3c(=O)n2-c2ccc(C)cc2C)cc(OC)c1OC. The first-order valence-electron chi connectivity index (χ1n) is 10.6. The molecule has 0 amide bonds. The lowest BCUT2D eigenvalue weighted by Gasteiger charge is -2.15. The first-order valence-corrected chi connectivity index (χ1v) is 11.0. The molecule has 0 aliphatic heterocycles. The molecule has 0 spiro atoms. The summed E-state index contributed by atoms with van der Waals surface area (Å²) in [7, 11) is 4.69. The molecule has 1 aromatic heterocycles. The van der Waals surface area contributed by atoms with Crippen molar-refractivity contribution in [2.45, 2.75) is 13.8 Å². The minimum Gasteiger partial charge on any atom is -0.493 e. The fourth-order valence-electron chi connectivity index (χ4n) is 3.95. The van der Waals surface area contributed by atoms with E-state index in [0.29, 0.717) is 39.0 Å². The molecule has 174 valence electrons. The molecule has 0 saturated heterocycles. The number of benzene rings is 3. The van der Waals surface area contributed by atoms with Gasteiger partial charge in [-0.05, 0) is 67.4 Å². The van der Waals surface area contributed by atoms with Gasteiger partial charge in [0.25, 0.3) is 5.56 Å². The number of aryl methyl sites for hydroxylation is 2. The summed E-state index contributed by atoms with van der Waals surface area (Å²) in [5, 5.41) is 1.01. The first-order chi connectivity index (χ1) is 16.4. The van der Waals surface area contributed by atoms with Crippen molar-refractivity contribution in [3.63, 3.8) is 0 Å². The van der Waals surface area contributed by atoms with Crippen LogP contribution < -0.4 is 19.8 Å². The Labute approximate surface area is 203 Å². The average Bonchev–Trinajstić information content (AvgIpc) is 2.82. The summed E-state index contributed by atoms with van der Waals surface area (Å²) in [6.45, 7) is 4.00. The number of nitrogens with zero attached hydrogens (tertiary/aromatic N) is 2. The average molecular weight is 477 g/mol. The summed E-state index contributed by atoms with van der Waals surface area (Å²) in [4.78, 5) is 18.4. The molecule has 0 bridgehead atoms.